The Morgan fingerprint density at radius 1 is 1.20 bits per heavy atom. The van der Waals surface area contributed by atoms with E-state index in [0.29, 0.717) is 12.3 Å². The van der Waals surface area contributed by atoms with E-state index in [-0.39, 0.29) is 5.82 Å². The first-order valence-corrected chi connectivity index (χ1v) is 7.50. The van der Waals surface area contributed by atoms with Crippen LogP contribution in [0.2, 0.25) is 0 Å². The molecule has 0 spiro atoms. The Balaban J connectivity index is 2.30. The molecule has 2 nitrogen and oxygen atoms in total. The average Bonchev–Trinajstić information content (AvgIpc) is 2.76. The van der Waals surface area contributed by atoms with Gasteiger partial charge in [0, 0.05) is 16.8 Å². The molecule has 102 valence electrons. The first-order valence-electron chi connectivity index (χ1n) is 6.18. The lowest BCUT2D eigenvalue weighted by Crippen LogP contribution is -2.02. The van der Waals surface area contributed by atoms with Crippen molar-refractivity contribution in [3.63, 3.8) is 0 Å². The van der Waals surface area contributed by atoms with Gasteiger partial charge in [-0.15, -0.1) is 11.6 Å². The molecular weight excluding hydrogens is 343 g/mol. The van der Waals surface area contributed by atoms with Crippen LogP contribution in [0, 0.1) is 5.82 Å². The molecule has 0 atom stereocenters. The highest BCUT2D eigenvalue weighted by atomic mass is 79.9. The summed E-state index contributed by atoms with van der Waals surface area (Å²) in [6.07, 6.45) is 0.629. The topological polar surface area (TPSA) is 17.8 Å². The lowest BCUT2D eigenvalue weighted by Gasteiger charge is -2.08. The SMILES string of the molecule is Fc1cccc(-n2c(CCCl)nc3ccc(Br)cc32)c1. The fraction of sp³-hybridized carbons (Fsp3) is 0.133. The summed E-state index contributed by atoms with van der Waals surface area (Å²) in [6.45, 7) is 0. The van der Waals surface area contributed by atoms with Crippen LogP contribution in [0.4, 0.5) is 4.39 Å². The third-order valence-corrected chi connectivity index (χ3v) is 3.75. The van der Waals surface area contributed by atoms with E-state index in [9.17, 15) is 4.39 Å². The lowest BCUT2D eigenvalue weighted by molar-refractivity contribution is 0.626. The minimum absolute atomic E-state index is 0.267. The summed E-state index contributed by atoms with van der Waals surface area (Å²) in [7, 11) is 0. The zero-order valence-corrected chi connectivity index (χ0v) is 12.8. The smallest absolute Gasteiger partial charge is 0.125 e. The van der Waals surface area contributed by atoms with Gasteiger partial charge in [0.05, 0.1) is 16.7 Å². The molecule has 2 aromatic carbocycles. The number of hydrogen-bond donors (Lipinski definition) is 0. The second kappa shape index (κ2) is 5.54. The van der Waals surface area contributed by atoms with Crippen molar-refractivity contribution < 1.29 is 4.39 Å². The van der Waals surface area contributed by atoms with E-state index in [1.165, 1.54) is 12.1 Å². The van der Waals surface area contributed by atoms with Crippen molar-refractivity contribution in [3.8, 4) is 5.69 Å². The second-order valence-electron chi connectivity index (χ2n) is 4.42. The molecule has 1 aromatic heterocycles. The number of aryl methyl sites for hydroxylation is 1. The summed E-state index contributed by atoms with van der Waals surface area (Å²) >= 11 is 9.31. The first kappa shape index (κ1) is 13.6. The highest BCUT2D eigenvalue weighted by Crippen LogP contribution is 2.25. The van der Waals surface area contributed by atoms with Gasteiger partial charge in [-0.25, -0.2) is 9.37 Å². The molecule has 1 heterocycles. The van der Waals surface area contributed by atoms with Crippen LogP contribution in [0.25, 0.3) is 16.7 Å². The van der Waals surface area contributed by atoms with Gasteiger partial charge in [-0.3, -0.25) is 4.57 Å². The molecule has 0 bridgehead atoms. The maximum atomic E-state index is 13.5. The van der Waals surface area contributed by atoms with Crippen LogP contribution in [-0.2, 0) is 6.42 Å². The van der Waals surface area contributed by atoms with Gasteiger partial charge in [-0.05, 0) is 36.4 Å². The van der Waals surface area contributed by atoms with Crippen molar-refractivity contribution in [2.75, 3.05) is 5.88 Å². The molecule has 0 N–H and O–H groups in total. The van der Waals surface area contributed by atoms with Crippen LogP contribution < -0.4 is 0 Å². The number of benzene rings is 2. The number of rotatable bonds is 3. The van der Waals surface area contributed by atoms with E-state index in [1.54, 1.807) is 6.07 Å². The maximum Gasteiger partial charge on any atom is 0.125 e. The van der Waals surface area contributed by atoms with Crippen molar-refractivity contribution in [2.45, 2.75) is 6.42 Å². The van der Waals surface area contributed by atoms with E-state index in [4.69, 9.17) is 11.6 Å². The summed E-state index contributed by atoms with van der Waals surface area (Å²) in [4.78, 5) is 4.58. The zero-order valence-electron chi connectivity index (χ0n) is 10.5. The van der Waals surface area contributed by atoms with Crippen LogP contribution in [0.1, 0.15) is 5.82 Å². The number of aromatic nitrogens is 2. The van der Waals surface area contributed by atoms with Crippen LogP contribution >= 0.6 is 27.5 Å². The standard InChI is InChI=1S/C15H11BrClFN2/c16-10-4-5-13-14(8-10)20(15(19-13)6-7-17)12-3-1-2-11(18)9-12/h1-5,8-9H,6-7H2. The van der Waals surface area contributed by atoms with E-state index in [1.807, 2.05) is 28.8 Å². The number of nitrogens with zero attached hydrogens (tertiary/aromatic N) is 2. The minimum Gasteiger partial charge on any atom is -0.296 e. The second-order valence-corrected chi connectivity index (χ2v) is 5.71. The first-order chi connectivity index (χ1) is 9.69. The molecule has 0 radical (unpaired) electrons. The molecule has 5 heteroatoms. The van der Waals surface area contributed by atoms with Gasteiger partial charge in [0.2, 0.25) is 0 Å². The number of hydrogen-bond acceptors (Lipinski definition) is 1. The zero-order chi connectivity index (χ0) is 14.1. The Hall–Kier alpha value is -1.39. The lowest BCUT2D eigenvalue weighted by atomic mass is 10.2. The number of imidazole rings is 1. The van der Waals surface area contributed by atoms with Gasteiger partial charge in [-0.2, -0.15) is 0 Å². The molecule has 0 aliphatic rings. The molecule has 20 heavy (non-hydrogen) atoms. The highest BCUT2D eigenvalue weighted by Gasteiger charge is 2.12. The minimum atomic E-state index is -0.267. The van der Waals surface area contributed by atoms with E-state index >= 15 is 0 Å². The number of fused-ring (bicyclic) bond motifs is 1. The molecule has 0 aliphatic carbocycles. The summed E-state index contributed by atoms with van der Waals surface area (Å²) in [6, 6.07) is 12.3. The fourth-order valence-electron chi connectivity index (χ4n) is 2.25. The van der Waals surface area contributed by atoms with E-state index in [0.717, 1.165) is 27.0 Å². The van der Waals surface area contributed by atoms with Gasteiger partial charge >= 0.3 is 0 Å². The summed E-state index contributed by atoms with van der Waals surface area (Å²) in [5.41, 5.74) is 2.56. The van der Waals surface area contributed by atoms with Crippen LogP contribution in [0.3, 0.4) is 0 Å². The van der Waals surface area contributed by atoms with E-state index < -0.39 is 0 Å². The summed E-state index contributed by atoms with van der Waals surface area (Å²) in [5, 5.41) is 0. The fourth-order valence-corrected chi connectivity index (χ4v) is 2.77. The van der Waals surface area contributed by atoms with Crippen molar-refractivity contribution in [2.24, 2.45) is 0 Å². The van der Waals surface area contributed by atoms with Crippen molar-refractivity contribution >= 4 is 38.6 Å². The van der Waals surface area contributed by atoms with Gasteiger partial charge in [0.25, 0.3) is 0 Å². The van der Waals surface area contributed by atoms with Crippen molar-refractivity contribution in [1.29, 1.82) is 0 Å². The monoisotopic (exact) mass is 352 g/mol. The Morgan fingerprint density at radius 3 is 2.80 bits per heavy atom. The molecule has 0 unspecified atom stereocenters. The van der Waals surface area contributed by atoms with Crippen LogP contribution in [0.5, 0.6) is 0 Å². The molecule has 0 aliphatic heterocycles. The summed E-state index contributed by atoms with van der Waals surface area (Å²) in [5.74, 6) is 1.04. The third-order valence-electron chi connectivity index (χ3n) is 3.07. The molecule has 0 saturated heterocycles. The quantitative estimate of drug-likeness (QED) is 0.624. The Morgan fingerprint density at radius 2 is 2.05 bits per heavy atom. The molecule has 0 amide bonds. The third kappa shape index (κ3) is 2.45. The average molecular weight is 354 g/mol. The number of halogens is 3. The molecule has 3 aromatic rings. The van der Waals surface area contributed by atoms with Crippen molar-refractivity contribution in [1.82, 2.24) is 9.55 Å². The van der Waals surface area contributed by atoms with Crippen LogP contribution in [-0.4, -0.2) is 15.4 Å². The Bertz CT molecular complexity index is 770. The molecule has 0 fully saturated rings. The molecule has 0 saturated carbocycles. The van der Waals surface area contributed by atoms with Gasteiger partial charge in [-0.1, -0.05) is 22.0 Å². The summed E-state index contributed by atoms with van der Waals surface area (Å²) < 4.78 is 16.4. The van der Waals surface area contributed by atoms with Gasteiger partial charge < -0.3 is 0 Å². The largest absolute Gasteiger partial charge is 0.296 e. The highest BCUT2D eigenvalue weighted by molar-refractivity contribution is 9.10. The predicted molar refractivity (Wildman–Crippen MR) is 83.2 cm³/mol. The van der Waals surface area contributed by atoms with Crippen molar-refractivity contribution in [3.05, 3.63) is 58.6 Å². The van der Waals surface area contributed by atoms with E-state index in [2.05, 4.69) is 20.9 Å². The van der Waals surface area contributed by atoms with Crippen LogP contribution in [0.15, 0.2) is 46.9 Å². The number of alkyl halides is 1. The Labute approximate surface area is 129 Å². The predicted octanol–water partition coefficient (Wildman–Crippen LogP) is 4.71. The normalized spacial score (nSPS) is 11.2. The van der Waals surface area contributed by atoms with Gasteiger partial charge in [0.15, 0.2) is 0 Å². The molecule has 3 rings (SSSR count). The van der Waals surface area contributed by atoms with Gasteiger partial charge in [0.1, 0.15) is 11.6 Å². The Kier molecular flexibility index (Phi) is 3.76. The maximum absolute atomic E-state index is 13.5. The molecular formula is C15H11BrClFN2.